The third kappa shape index (κ3) is 4.87. The Hall–Kier alpha value is -4.18. The van der Waals surface area contributed by atoms with Gasteiger partial charge in [0.25, 0.3) is 0 Å². The molecule has 4 rings (SSSR count). The molecule has 0 bridgehead atoms. The minimum atomic E-state index is -1.23. The van der Waals surface area contributed by atoms with Gasteiger partial charge in [0.05, 0.1) is 24.3 Å². The summed E-state index contributed by atoms with van der Waals surface area (Å²) in [6, 6.07) is 4.70. The fourth-order valence-electron chi connectivity index (χ4n) is 4.04. The molecular weight excluding hydrogens is 462 g/mol. The predicted molar refractivity (Wildman–Crippen MR) is 125 cm³/mol. The lowest BCUT2D eigenvalue weighted by Gasteiger charge is -2.32. The first-order valence-electron chi connectivity index (χ1n) is 10.7. The van der Waals surface area contributed by atoms with Gasteiger partial charge in [-0.1, -0.05) is 0 Å². The summed E-state index contributed by atoms with van der Waals surface area (Å²) < 4.78 is 36.5. The second kappa shape index (κ2) is 9.59. The van der Waals surface area contributed by atoms with Crippen LogP contribution < -0.4 is 20.9 Å². The largest absolute Gasteiger partial charge is 0.465 e. The number of carboxylic acid groups (broad SMARTS) is 1. The van der Waals surface area contributed by atoms with Crippen molar-refractivity contribution in [2.24, 2.45) is 7.05 Å². The molecule has 1 aliphatic rings. The van der Waals surface area contributed by atoms with Crippen LogP contribution in [0.15, 0.2) is 18.2 Å². The monoisotopic (exact) mass is 486 g/mol. The van der Waals surface area contributed by atoms with Crippen LogP contribution in [-0.2, 0) is 11.8 Å². The zero-order chi connectivity index (χ0) is 25.3. The highest BCUT2D eigenvalue weighted by Gasteiger charge is 2.28. The maximum absolute atomic E-state index is 14.9. The van der Waals surface area contributed by atoms with Gasteiger partial charge in [-0.3, -0.25) is 4.68 Å². The smallest absolute Gasteiger partial charge is 0.405 e. The van der Waals surface area contributed by atoms with Crippen LogP contribution in [0, 0.1) is 23.0 Å². The number of nitrogens with zero attached hydrogens (tertiary/aromatic N) is 5. The van der Waals surface area contributed by atoms with Gasteiger partial charge in [0.15, 0.2) is 29.1 Å². The van der Waals surface area contributed by atoms with E-state index in [-0.39, 0.29) is 23.8 Å². The number of benzene rings is 1. The normalized spacial score (nSPS) is 17.6. The molecule has 11 nitrogen and oxygen atoms in total. The van der Waals surface area contributed by atoms with Crippen molar-refractivity contribution in [1.82, 2.24) is 20.1 Å². The van der Waals surface area contributed by atoms with Crippen LogP contribution in [0.1, 0.15) is 12.0 Å². The summed E-state index contributed by atoms with van der Waals surface area (Å²) in [7, 11) is 5.22. The summed E-state index contributed by atoms with van der Waals surface area (Å²) in [5.41, 5.74) is 0.523. The molecular formula is C22H24F2N8O3. The Labute approximate surface area is 199 Å². The summed E-state index contributed by atoms with van der Waals surface area (Å²) in [6.07, 6.45) is -0.821. The van der Waals surface area contributed by atoms with Crippen molar-refractivity contribution in [2.75, 3.05) is 42.8 Å². The first-order valence-corrected chi connectivity index (χ1v) is 10.7. The molecule has 1 fully saturated rings. The molecule has 1 amide bonds. The van der Waals surface area contributed by atoms with Crippen molar-refractivity contribution in [3.63, 3.8) is 0 Å². The number of hydrogen-bond acceptors (Lipinski definition) is 8. The van der Waals surface area contributed by atoms with Gasteiger partial charge in [-0.05, 0) is 24.6 Å². The Morgan fingerprint density at radius 1 is 1.26 bits per heavy atom. The van der Waals surface area contributed by atoms with Crippen molar-refractivity contribution in [1.29, 1.82) is 5.26 Å². The summed E-state index contributed by atoms with van der Waals surface area (Å²) >= 11 is 0. The third-order valence-corrected chi connectivity index (χ3v) is 5.64. The Balaban J connectivity index is 1.68. The van der Waals surface area contributed by atoms with Gasteiger partial charge in [-0.25, -0.2) is 18.6 Å². The molecule has 184 valence electrons. The highest BCUT2D eigenvalue weighted by molar-refractivity contribution is 5.94. The number of ether oxygens (including phenoxy) is 1. The van der Waals surface area contributed by atoms with Gasteiger partial charge in [0.1, 0.15) is 11.6 Å². The van der Waals surface area contributed by atoms with Gasteiger partial charge in [-0.15, -0.1) is 0 Å². The van der Waals surface area contributed by atoms with Crippen LogP contribution >= 0.6 is 0 Å². The van der Waals surface area contributed by atoms with Crippen LogP contribution in [0.25, 0.3) is 10.9 Å². The van der Waals surface area contributed by atoms with E-state index >= 15 is 0 Å². The highest BCUT2D eigenvalue weighted by atomic mass is 19.1. The van der Waals surface area contributed by atoms with E-state index in [0.29, 0.717) is 35.4 Å². The van der Waals surface area contributed by atoms with E-state index in [1.165, 1.54) is 10.7 Å². The zero-order valence-corrected chi connectivity index (χ0v) is 19.3. The highest BCUT2D eigenvalue weighted by Crippen LogP contribution is 2.32. The van der Waals surface area contributed by atoms with Gasteiger partial charge in [-0.2, -0.15) is 10.4 Å². The summed E-state index contributed by atoms with van der Waals surface area (Å²) in [5.74, 6) is -0.919. The Kier molecular flexibility index (Phi) is 6.57. The molecule has 1 aliphatic heterocycles. The molecule has 3 aromatic rings. The zero-order valence-electron chi connectivity index (χ0n) is 19.3. The number of nitrogens with one attached hydrogen (secondary N) is 3. The number of aryl methyl sites for hydroxylation is 1. The Morgan fingerprint density at radius 3 is 2.71 bits per heavy atom. The number of pyridine rings is 1. The first-order chi connectivity index (χ1) is 16.7. The van der Waals surface area contributed by atoms with E-state index in [0.717, 1.165) is 6.07 Å². The molecule has 0 aliphatic carbocycles. The van der Waals surface area contributed by atoms with Crippen LogP contribution in [0.3, 0.4) is 0 Å². The molecule has 2 aromatic heterocycles. The van der Waals surface area contributed by atoms with Crippen molar-refractivity contribution in [3.8, 4) is 6.07 Å². The number of aromatic nitrogens is 3. The third-order valence-electron chi connectivity index (χ3n) is 5.64. The minimum Gasteiger partial charge on any atom is -0.465 e. The molecule has 1 saturated heterocycles. The second-order valence-electron chi connectivity index (χ2n) is 8.32. The SMILES string of the molecule is CN(C)c1nn(C)c2c(F)cc(Nc3nc(N[C@@H]4CCOC[C@@H]4NC(=O)O)c(F)cc3C#N)cc12. The predicted octanol–water partition coefficient (Wildman–Crippen LogP) is 2.76. The van der Waals surface area contributed by atoms with Crippen LogP contribution in [0.5, 0.6) is 0 Å². The van der Waals surface area contributed by atoms with E-state index < -0.39 is 29.8 Å². The maximum Gasteiger partial charge on any atom is 0.405 e. The fourth-order valence-corrected chi connectivity index (χ4v) is 4.04. The maximum atomic E-state index is 14.9. The number of hydrogen-bond donors (Lipinski definition) is 4. The summed E-state index contributed by atoms with van der Waals surface area (Å²) in [5, 5.41) is 31.6. The molecule has 0 saturated carbocycles. The van der Waals surface area contributed by atoms with Crippen LogP contribution in [0.2, 0.25) is 0 Å². The van der Waals surface area contributed by atoms with E-state index in [2.05, 4.69) is 26.0 Å². The van der Waals surface area contributed by atoms with Crippen molar-refractivity contribution >= 4 is 40.1 Å². The number of rotatable bonds is 6. The molecule has 0 radical (unpaired) electrons. The first kappa shape index (κ1) is 24.0. The van der Waals surface area contributed by atoms with E-state index in [1.54, 1.807) is 32.1 Å². The molecule has 2 atom stereocenters. The number of anilines is 4. The van der Waals surface area contributed by atoms with Crippen LogP contribution in [0.4, 0.5) is 36.7 Å². The molecule has 13 heteroatoms. The Bertz CT molecular complexity index is 1320. The summed E-state index contributed by atoms with van der Waals surface area (Å²) in [4.78, 5) is 17.1. The molecule has 3 heterocycles. The molecule has 0 spiro atoms. The number of amides is 1. The number of carbonyl (C=O) groups is 1. The van der Waals surface area contributed by atoms with E-state index in [9.17, 15) is 18.8 Å². The van der Waals surface area contributed by atoms with Gasteiger partial charge in [0, 0.05) is 38.8 Å². The van der Waals surface area contributed by atoms with Crippen molar-refractivity contribution in [3.05, 3.63) is 35.4 Å². The quantitative estimate of drug-likeness (QED) is 0.414. The van der Waals surface area contributed by atoms with Gasteiger partial charge < -0.3 is 30.7 Å². The average molecular weight is 486 g/mol. The number of halogens is 2. The van der Waals surface area contributed by atoms with E-state index in [4.69, 9.17) is 9.84 Å². The lowest BCUT2D eigenvalue weighted by molar-refractivity contribution is 0.0625. The Morgan fingerprint density at radius 2 is 2.03 bits per heavy atom. The average Bonchev–Trinajstić information content (AvgIpc) is 3.13. The standard InChI is InChI=1S/C22H24F2N8O3/c1-31(2)21-13-7-12(8-14(23)18(13)32(3)30-21)26-19-11(9-25)6-15(24)20(29-19)27-16-4-5-35-10-17(16)28-22(33)34/h6-8,16-17,28H,4-5,10H2,1-3H3,(H,33,34)(H2,26,27,29)/t16-,17+/m1/s1. The second-order valence-corrected chi connectivity index (χ2v) is 8.32. The van der Waals surface area contributed by atoms with E-state index in [1.807, 2.05) is 6.07 Å². The topological polar surface area (TPSA) is 140 Å². The lowest BCUT2D eigenvalue weighted by Crippen LogP contribution is -2.52. The van der Waals surface area contributed by atoms with Gasteiger partial charge >= 0.3 is 6.09 Å². The lowest BCUT2D eigenvalue weighted by atomic mass is 10.0. The number of fused-ring (bicyclic) bond motifs is 1. The number of nitriles is 1. The molecule has 4 N–H and O–H groups in total. The molecule has 0 unspecified atom stereocenters. The molecule has 1 aromatic carbocycles. The summed E-state index contributed by atoms with van der Waals surface area (Å²) in [6.45, 7) is 0.475. The molecule has 35 heavy (non-hydrogen) atoms. The fraction of sp³-hybridized carbons (Fsp3) is 0.364. The minimum absolute atomic E-state index is 0.0141. The van der Waals surface area contributed by atoms with Crippen molar-refractivity contribution < 1.29 is 23.4 Å². The van der Waals surface area contributed by atoms with Crippen molar-refractivity contribution in [2.45, 2.75) is 18.5 Å². The van der Waals surface area contributed by atoms with Gasteiger partial charge in [0.2, 0.25) is 0 Å². The van der Waals surface area contributed by atoms with Crippen LogP contribution in [-0.4, -0.2) is 65.4 Å².